The van der Waals surface area contributed by atoms with E-state index in [1.54, 1.807) is 12.1 Å². The first kappa shape index (κ1) is 30.0. The lowest BCUT2D eigenvalue weighted by Crippen LogP contribution is -2.44. The van der Waals surface area contributed by atoms with Crippen LogP contribution in [0, 0.1) is 12.7 Å². The summed E-state index contributed by atoms with van der Waals surface area (Å²) < 4.78 is 64.1. The van der Waals surface area contributed by atoms with Gasteiger partial charge in [-0.2, -0.15) is 13.2 Å². The average molecular weight is 610 g/mol. The van der Waals surface area contributed by atoms with Crippen LogP contribution < -0.4 is 15.0 Å². The molecular weight excluding hydrogens is 574 g/mol. The van der Waals surface area contributed by atoms with Gasteiger partial charge in [-0.05, 0) is 73.9 Å². The van der Waals surface area contributed by atoms with Crippen molar-refractivity contribution in [3.05, 3.63) is 95.0 Å². The molecule has 3 heterocycles. The summed E-state index contributed by atoms with van der Waals surface area (Å²) in [4.78, 5) is 17.6. The number of carbonyl (C=O) groups excluding carboxylic acids is 1. The van der Waals surface area contributed by atoms with Crippen LogP contribution >= 0.6 is 0 Å². The lowest BCUT2D eigenvalue weighted by molar-refractivity contribution is -0.137. The number of benzene rings is 3. The van der Waals surface area contributed by atoms with Crippen LogP contribution in [-0.4, -0.2) is 49.1 Å². The number of furan rings is 1. The molecule has 4 aromatic rings. The Balaban J connectivity index is 1.01. The number of nitrogens with one attached hydrogen (secondary N) is 1. The van der Waals surface area contributed by atoms with Gasteiger partial charge in [0.1, 0.15) is 23.3 Å². The number of anilines is 1. The Morgan fingerprint density at radius 2 is 1.61 bits per heavy atom. The summed E-state index contributed by atoms with van der Waals surface area (Å²) in [6.45, 7) is 5.66. The molecule has 2 fully saturated rings. The molecule has 2 aliphatic rings. The second kappa shape index (κ2) is 12.5. The summed E-state index contributed by atoms with van der Waals surface area (Å²) in [6.07, 6.45) is -1.28. The van der Waals surface area contributed by atoms with Crippen LogP contribution in [0.3, 0.4) is 0 Å². The maximum absolute atomic E-state index is 13.2. The zero-order valence-electron chi connectivity index (χ0n) is 24.5. The lowest BCUT2D eigenvalue weighted by Gasteiger charge is -2.33. The molecule has 0 radical (unpaired) electrons. The van der Waals surface area contributed by atoms with Crippen molar-refractivity contribution in [1.29, 1.82) is 0 Å². The predicted molar refractivity (Wildman–Crippen MR) is 160 cm³/mol. The molecule has 2 saturated heterocycles. The number of likely N-dealkylation sites (tertiary alicyclic amines) is 1. The van der Waals surface area contributed by atoms with Gasteiger partial charge in [-0.25, -0.2) is 4.39 Å². The first-order chi connectivity index (χ1) is 21.1. The Hall–Kier alpha value is -4.05. The molecule has 0 saturated carbocycles. The summed E-state index contributed by atoms with van der Waals surface area (Å²) in [5.41, 5.74) is 2.55. The van der Waals surface area contributed by atoms with E-state index in [9.17, 15) is 22.4 Å². The van der Waals surface area contributed by atoms with Crippen molar-refractivity contribution in [3.8, 4) is 5.75 Å². The van der Waals surface area contributed by atoms with Gasteiger partial charge in [0, 0.05) is 74.3 Å². The van der Waals surface area contributed by atoms with Gasteiger partial charge in [-0.15, -0.1) is 0 Å². The quantitative estimate of drug-likeness (QED) is 0.222. The number of ether oxygens (including phenoxy) is 1. The van der Waals surface area contributed by atoms with Crippen molar-refractivity contribution in [1.82, 2.24) is 10.2 Å². The number of hydrogen-bond donors (Lipinski definition) is 1. The molecule has 0 spiro atoms. The molecule has 0 atom stereocenters. The molecule has 6 rings (SSSR count). The van der Waals surface area contributed by atoms with Crippen LogP contribution in [0.25, 0.3) is 11.0 Å². The third-order valence-electron chi connectivity index (χ3n) is 8.66. The number of nitrogens with zero attached hydrogens (tertiary/aromatic N) is 2. The van der Waals surface area contributed by atoms with Crippen LogP contribution in [0.4, 0.5) is 23.2 Å². The fourth-order valence-electron chi connectivity index (χ4n) is 6.12. The highest BCUT2D eigenvalue weighted by atomic mass is 19.4. The van der Waals surface area contributed by atoms with Crippen LogP contribution in [0.1, 0.15) is 52.9 Å². The Labute approximate surface area is 253 Å². The van der Waals surface area contributed by atoms with E-state index in [0.717, 1.165) is 79.7 Å². The van der Waals surface area contributed by atoms with E-state index in [1.165, 1.54) is 24.3 Å². The van der Waals surface area contributed by atoms with Crippen LogP contribution in [0.5, 0.6) is 5.75 Å². The van der Waals surface area contributed by atoms with Crippen molar-refractivity contribution >= 4 is 22.6 Å². The van der Waals surface area contributed by atoms with Gasteiger partial charge < -0.3 is 19.4 Å². The number of aryl methyl sites for hydroxylation is 1. The molecule has 10 heteroatoms. The fourth-order valence-corrected chi connectivity index (χ4v) is 6.12. The minimum absolute atomic E-state index is 0.0362. The van der Waals surface area contributed by atoms with Crippen molar-refractivity contribution in [2.45, 2.75) is 57.5 Å². The van der Waals surface area contributed by atoms with E-state index in [4.69, 9.17) is 9.15 Å². The van der Waals surface area contributed by atoms with Crippen molar-refractivity contribution in [2.24, 2.45) is 0 Å². The highest BCUT2D eigenvalue weighted by molar-refractivity contribution is 5.99. The SMILES string of the molecule is Cc1c(C(=O)NC2CCN(Cc3ccc(F)cc3)CC2)oc2cc(OC3CCN(c4ccc(C(F)(F)F)cc4)CC3)ccc12. The molecule has 232 valence electrons. The molecule has 3 aromatic carbocycles. The van der Waals surface area contributed by atoms with E-state index in [2.05, 4.69) is 15.1 Å². The molecular formula is C34H35F4N3O3. The van der Waals surface area contributed by atoms with Crippen LogP contribution in [0.2, 0.25) is 0 Å². The van der Waals surface area contributed by atoms with Gasteiger partial charge in [0.2, 0.25) is 0 Å². The van der Waals surface area contributed by atoms with E-state index < -0.39 is 11.7 Å². The van der Waals surface area contributed by atoms with E-state index in [-0.39, 0.29) is 23.9 Å². The van der Waals surface area contributed by atoms with E-state index in [0.29, 0.717) is 30.2 Å². The molecule has 44 heavy (non-hydrogen) atoms. The molecule has 0 bridgehead atoms. The number of halogens is 4. The largest absolute Gasteiger partial charge is 0.490 e. The predicted octanol–water partition coefficient (Wildman–Crippen LogP) is 7.34. The van der Waals surface area contributed by atoms with Gasteiger partial charge in [0.25, 0.3) is 5.91 Å². The maximum atomic E-state index is 13.2. The first-order valence-electron chi connectivity index (χ1n) is 15.0. The average Bonchev–Trinajstić information content (AvgIpc) is 3.35. The molecule has 1 N–H and O–H groups in total. The lowest BCUT2D eigenvalue weighted by atomic mass is 10.0. The number of alkyl halides is 3. The molecule has 2 aliphatic heterocycles. The van der Waals surface area contributed by atoms with Crippen LogP contribution in [0.15, 0.2) is 71.1 Å². The van der Waals surface area contributed by atoms with Gasteiger partial charge in [-0.1, -0.05) is 12.1 Å². The summed E-state index contributed by atoms with van der Waals surface area (Å²) in [5.74, 6) is 0.488. The number of piperidine rings is 2. The number of fused-ring (bicyclic) bond motifs is 1. The van der Waals surface area contributed by atoms with Gasteiger partial charge in [0.05, 0.1) is 5.56 Å². The summed E-state index contributed by atoms with van der Waals surface area (Å²) in [7, 11) is 0. The fraction of sp³-hybridized carbons (Fsp3) is 0.382. The smallest absolute Gasteiger partial charge is 0.416 e. The Morgan fingerprint density at radius 3 is 2.27 bits per heavy atom. The van der Waals surface area contributed by atoms with Crippen molar-refractivity contribution < 1.29 is 31.5 Å². The van der Waals surface area contributed by atoms with Gasteiger partial charge >= 0.3 is 6.18 Å². The standard InChI is InChI=1S/C34H35F4N3O3/c1-22-30-11-10-29(43-28-14-18-41(19-15-28)27-8-4-24(5-9-27)34(36,37)38)20-31(30)44-32(22)33(42)39-26-12-16-40(17-13-26)21-23-2-6-25(35)7-3-23/h2-11,20,26,28H,12-19,21H2,1H3,(H,39,42). The molecule has 1 amide bonds. The van der Waals surface area contributed by atoms with Crippen LogP contribution in [-0.2, 0) is 12.7 Å². The Kier molecular flexibility index (Phi) is 8.53. The Morgan fingerprint density at radius 1 is 0.932 bits per heavy atom. The first-order valence-corrected chi connectivity index (χ1v) is 15.0. The zero-order chi connectivity index (χ0) is 30.8. The monoisotopic (exact) mass is 609 g/mol. The Bertz CT molecular complexity index is 1590. The topological polar surface area (TPSA) is 58.0 Å². The van der Waals surface area contributed by atoms with E-state index >= 15 is 0 Å². The highest BCUT2D eigenvalue weighted by Gasteiger charge is 2.31. The zero-order valence-corrected chi connectivity index (χ0v) is 24.5. The normalized spacial score (nSPS) is 17.2. The number of amides is 1. The summed E-state index contributed by atoms with van der Waals surface area (Å²) in [6, 6.07) is 17.5. The molecule has 6 nitrogen and oxygen atoms in total. The van der Waals surface area contributed by atoms with Gasteiger partial charge in [-0.3, -0.25) is 9.69 Å². The van der Waals surface area contributed by atoms with E-state index in [1.807, 2.05) is 25.1 Å². The summed E-state index contributed by atoms with van der Waals surface area (Å²) in [5, 5.41) is 3.99. The minimum Gasteiger partial charge on any atom is -0.490 e. The maximum Gasteiger partial charge on any atom is 0.416 e. The van der Waals surface area contributed by atoms with Crippen molar-refractivity contribution in [2.75, 3.05) is 31.1 Å². The minimum atomic E-state index is -4.34. The second-order valence-corrected chi connectivity index (χ2v) is 11.7. The molecule has 0 unspecified atom stereocenters. The van der Waals surface area contributed by atoms with Crippen molar-refractivity contribution in [3.63, 3.8) is 0 Å². The number of hydrogen-bond acceptors (Lipinski definition) is 5. The third-order valence-corrected chi connectivity index (χ3v) is 8.66. The van der Waals surface area contributed by atoms with Gasteiger partial charge in [0.15, 0.2) is 5.76 Å². The second-order valence-electron chi connectivity index (χ2n) is 11.7. The molecule has 0 aliphatic carbocycles. The third kappa shape index (κ3) is 6.85. The molecule has 1 aromatic heterocycles. The number of rotatable bonds is 7. The summed E-state index contributed by atoms with van der Waals surface area (Å²) >= 11 is 0. The highest BCUT2D eigenvalue weighted by Crippen LogP contribution is 2.33. The number of carbonyl (C=O) groups is 1.